The number of hydrogen-bond acceptors (Lipinski definition) is 3. The molecular weight excluding hydrogens is 274 g/mol. The van der Waals surface area contributed by atoms with Crippen molar-refractivity contribution in [2.45, 2.75) is 18.9 Å². The van der Waals surface area contributed by atoms with Gasteiger partial charge in [0.2, 0.25) is 5.91 Å². The first-order valence-electron chi connectivity index (χ1n) is 6.33. The molecule has 0 aromatic heterocycles. The van der Waals surface area contributed by atoms with E-state index in [0.29, 0.717) is 12.8 Å². The lowest BCUT2D eigenvalue weighted by Crippen LogP contribution is -2.49. The van der Waals surface area contributed by atoms with Crippen LogP contribution in [-0.2, 0) is 9.59 Å². The maximum absolute atomic E-state index is 11.5. The third kappa shape index (κ3) is 2.25. The highest BCUT2D eigenvalue weighted by molar-refractivity contribution is 8.06. The molecule has 1 saturated heterocycles. The molecule has 4 nitrogen and oxygen atoms in total. The van der Waals surface area contributed by atoms with Crippen molar-refractivity contribution in [1.29, 1.82) is 0 Å². The maximum Gasteiger partial charge on any atom is 0.353 e. The summed E-state index contributed by atoms with van der Waals surface area (Å²) in [5.74, 6) is -1.11. The zero-order valence-electron chi connectivity index (χ0n) is 10.7. The largest absolute Gasteiger partial charge is 0.477 e. The Labute approximate surface area is 120 Å². The van der Waals surface area contributed by atoms with Crippen LogP contribution in [0.5, 0.6) is 0 Å². The van der Waals surface area contributed by atoms with E-state index in [4.69, 9.17) is 0 Å². The van der Waals surface area contributed by atoms with Gasteiger partial charge in [0.15, 0.2) is 0 Å². The number of fused-ring (bicyclic) bond motifs is 1. The number of thioether (sulfide) groups is 1. The summed E-state index contributed by atoms with van der Waals surface area (Å²) in [5, 5.41) is 11.1. The van der Waals surface area contributed by atoms with Crippen molar-refractivity contribution < 1.29 is 14.7 Å². The quantitative estimate of drug-likeness (QED) is 0.865. The molecule has 0 bridgehead atoms. The molecule has 1 fully saturated rings. The van der Waals surface area contributed by atoms with E-state index in [1.165, 1.54) is 16.7 Å². The fourth-order valence-electron chi connectivity index (χ4n) is 2.48. The topological polar surface area (TPSA) is 57.6 Å². The second kappa shape index (κ2) is 5.17. The Morgan fingerprint density at radius 1 is 1.30 bits per heavy atom. The second-order valence-corrected chi connectivity index (χ2v) is 5.73. The zero-order chi connectivity index (χ0) is 14.1. The maximum atomic E-state index is 11.5. The monoisotopic (exact) mass is 287 g/mol. The standard InChI is InChI=1S/C15H13NO3S/c17-13-9-11-8-12(14(15(18)19)16(11)13)20-7-6-10-4-2-1-3-5-10/h1-7,11H,8-9H2,(H,18,19). The molecule has 102 valence electrons. The van der Waals surface area contributed by atoms with E-state index < -0.39 is 5.97 Å². The van der Waals surface area contributed by atoms with Crippen molar-refractivity contribution in [3.63, 3.8) is 0 Å². The van der Waals surface area contributed by atoms with Crippen LogP contribution in [0.25, 0.3) is 6.08 Å². The number of amides is 1. The summed E-state index contributed by atoms with van der Waals surface area (Å²) < 4.78 is 0. The molecule has 1 unspecified atom stereocenters. The first kappa shape index (κ1) is 13.0. The van der Waals surface area contributed by atoms with Gasteiger partial charge in [-0.3, -0.25) is 4.79 Å². The van der Waals surface area contributed by atoms with E-state index in [2.05, 4.69) is 0 Å². The zero-order valence-corrected chi connectivity index (χ0v) is 11.5. The molecule has 1 amide bonds. The molecule has 0 spiro atoms. The highest BCUT2D eigenvalue weighted by atomic mass is 32.2. The van der Waals surface area contributed by atoms with Gasteiger partial charge in [-0.1, -0.05) is 42.1 Å². The van der Waals surface area contributed by atoms with Gasteiger partial charge in [0.05, 0.1) is 6.04 Å². The van der Waals surface area contributed by atoms with Crippen LogP contribution in [0.3, 0.4) is 0 Å². The van der Waals surface area contributed by atoms with Crippen LogP contribution in [0, 0.1) is 0 Å². The molecule has 1 N–H and O–H groups in total. The number of carboxylic acid groups (broad SMARTS) is 1. The summed E-state index contributed by atoms with van der Waals surface area (Å²) in [6, 6.07) is 9.87. The number of aliphatic carboxylic acids is 1. The minimum Gasteiger partial charge on any atom is -0.477 e. The number of rotatable bonds is 4. The summed E-state index contributed by atoms with van der Waals surface area (Å²) in [7, 11) is 0. The highest BCUT2D eigenvalue weighted by Gasteiger charge is 2.47. The van der Waals surface area contributed by atoms with Crippen LogP contribution in [0.1, 0.15) is 18.4 Å². The van der Waals surface area contributed by atoms with Gasteiger partial charge in [0.1, 0.15) is 5.70 Å². The first-order chi connectivity index (χ1) is 9.66. The number of nitrogens with zero attached hydrogens (tertiary/aromatic N) is 1. The summed E-state index contributed by atoms with van der Waals surface area (Å²) >= 11 is 1.39. The Bertz CT molecular complexity index is 621. The number of carbonyl (C=O) groups is 2. The number of hydrogen-bond donors (Lipinski definition) is 1. The third-order valence-corrected chi connectivity index (χ3v) is 4.36. The number of β-lactam (4-membered cyclic amide) rings is 1. The second-order valence-electron chi connectivity index (χ2n) is 4.73. The molecule has 2 aliphatic rings. The fraction of sp³-hybridized carbons (Fsp3) is 0.200. The minimum absolute atomic E-state index is 0.0567. The Balaban J connectivity index is 1.76. The fourth-order valence-corrected chi connectivity index (χ4v) is 3.46. The Hall–Kier alpha value is -2.01. The van der Waals surface area contributed by atoms with Gasteiger partial charge in [0, 0.05) is 17.7 Å². The molecular formula is C15H13NO3S. The molecule has 20 heavy (non-hydrogen) atoms. The van der Waals surface area contributed by atoms with Gasteiger partial charge in [-0.05, 0) is 17.0 Å². The molecule has 3 rings (SSSR count). The number of carboxylic acids is 1. The lowest BCUT2D eigenvalue weighted by molar-refractivity contribution is -0.147. The van der Waals surface area contributed by atoms with Gasteiger partial charge < -0.3 is 10.0 Å². The molecule has 2 aliphatic heterocycles. The van der Waals surface area contributed by atoms with E-state index in [9.17, 15) is 14.7 Å². The number of benzene rings is 1. The third-order valence-electron chi connectivity index (χ3n) is 3.44. The summed E-state index contributed by atoms with van der Waals surface area (Å²) in [6.45, 7) is 0. The van der Waals surface area contributed by atoms with E-state index in [1.54, 1.807) is 0 Å². The normalized spacial score (nSPS) is 21.3. The van der Waals surface area contributed by atoms with Crippen LogP contribution < -0.4 is 0 Å². The predicted molar refractivity (Wildman–Crippen MR) is 77.6 cm³/mol. The van der Waals surface area contributed by atoms with E-state index in [0.717, 1.165) is 10.5 Å². The van der Waals surface area contributed by atoms with Gasteiger partial charge in [0.25, 0.3) is 0 Å². The lowest BCUT2D eigenvalue weighted by atomic mass is 10.0. The summed E-state index contributed by atoms with van der Waals surface area (Å²) in [6.07, 6.45) is 3.05. The predicted octanol–water partition coefficient (Wildman–Crippen LogP) is 2.69. The Morgan fingerprint density at radius 2 is 2.05 bits per heavy atom. The molecule has 1 atom stereocenters. The average Bonchev–Trinajstić information content (AvgIpc) is 2.73. The van der Waals surface area contributed by atoms with Crippen LogP contribution >= 0.6 is 11.8 Å². The van der Waals surface area contributed by atoms with Crippen LogP contribution in [0.2, 0.25) is 0 Å². The Morgan fingerprint density at radius 3 is 2.70 bits per heavy atom. The minimum atomic E-state index is -1.02. The first-order valence-corrected chi connectivity index (χ1v) is 7.21. The van der Waals surface area contributed by atoms with Crippen molar-refractivity contribution in [1.82, 2.24) is 4.90 Å². The molecule has 1 aromatic carbocycles. The van der Waals surface area contributed by atoms with Crippen LogP contribution in [-0.4, -0.2) is 27.9 Å². The van der Waals surface area contributed by atoms with Crippen molar-refractivity contribution in [2.24, 2.45) is 0 Å². The molecule has 2 heterocycles. The molecule has 1 aromatic rings. The lowest BCUT2D eigenvalue weighted by Gasteiger charge is -2.34. The average molecular weight is 287 g/mol. The van der Waals surface area contributed by atoms with Gasteiger partial charge in [-0.15, -0.1) is 0 Å². The van der Waals surface area contributed by atoms with E-state index in [-0.39, 0.29) is 17.6 Å². The SMILES string of the molecule is O=C(O)C1=C(SC=Cc2ccccc2)CC2CC(=O)N12. The van der Waals surface area contributed by atoms with Gasteiger partial charge in [-0.25, -0.2) is 4.79 Å². The molecule has 0 aliphatic carbocycles. The van der Waals surface area contributed by atoms with Crippen LogP contribution in [0.15, 0.2) is 46.3 Å². The van der Waals surface area contributed by atoms with Crippen molar-refractivity contribution >= 4 is 29.7 Å². The van der Waals surface area contributed by atoms with Gasteiger partial charge >= 0.3 is 5.97 Å². The van der Waals surface area contributed by atoms with E-state index >= 15 is 0 Å². The van der Waals surface area contributed by atoms with Crippen LogP contribution in [0.4, 0.5) is 0 Å². The Kier molecular flexibility index (Phi) is 3.36. The molecule has 0 radical (unpaired) electrons. The molecule has 0 saturated carbocycles. The van der Waals surface area contributed by atoms with Gasteiger partial charge in [-0.2, -0.15) is 0 Å². The van der Waals surface area contributed by atoms with Crippen molar-refractivity contribution in [3.05, 3.63) is 51.9 Å². The van der Waals surface area contributed by atoms with Crippen molar-refractivity contribution in [2.75, 3.05) is 0 Å². The van der Waals surface area contributed by atoms with E-state index in [1.807, 2.05) is 41.8 Å². The highest BCUT2D eigenvalue weighted by Crippen LogP contribution is 2.43. The van der Waals surface area contributed by atoms with Crippen molar-refractivity contribution in [3.8, 4) is 0 Å². The summed E-state index contributed by atoms with van der Waals surface area (Å²) in [5.41, 5.74) is 1.23. The number of carbonyl (C=O) groups excluding carboxylic acids is 1. The summed E-state index contributed by atoms with van der Waals surface area (Å²) in [4.78, 5) is 24.9. The molecule has 5 heteroatoms. The smallest absolute Gasteiger partial charge is 0.353 e.